The number of carboxylic acids is 1. The van der Waals surface area contributed by atoms with Gasteiger partial charge in [-0.1, -0.05) is 24.9 Å². The lowest BCUT2D eigenvalue weighted by Crippen LogP contribution is -2.48. The topological polar surface area (TPSA) is 49.3 Å². The highest BCUT2D eigenvalue weighted by Gasteiger charge is 2.47. The number of anilines is 1. The monoisotopic (exact) mass is 253 g/mol. The first-order chi connectivity index (χ1) is 8.04. The van der Waals surface area contributed by atoms with E-state index < -0.39 is 11.5 Å². The second-order valence-corrected chi connectivity index (χ2v) is 5.14. The van der Waals surface area contributed by atoms with Gasteiger partial charge in [-0.3, -0.25) is 0 Å². The molecule has 0 spiro atoms. The van der Waals surface area contributed by atoms with E-state index in [4.69, 9.17) is 11.6 Å². The summed E-state index contributed by atoms with van der Waals surface area (Å²) in [6, 6.07) is 7.16. The molecule has 0 aliphatic heterocycles. The Morgan fingerprint density at radius 3 is 2.59 bits per heavy atom. The van der Waals surface area contributed by atoms with Crippen LogP contribution < -0.4 is 5.32 Å². The minimum atomic E-state index is -0.826. The highest BCUT2D eigenvalue weighted by Crippen LogP contribution is 2.38. The third-order valence-electron chi connectivity index (χ3n) is 3.64. The summed E-state index contributed by atoms with van der Waals surface area (Å²) < 4.78 is 0. The van der Waals surface area contributed by atoms with Gasteiger partial charge in [0.15, 0.2) is 0 Å². The maximum atomic E-state index is 11.5. The molecule has 2 atom stereocenters. The van der Waals surface area contributed by atoms with Crippen LogP contribution >= 0.6 is 11.6 Å². The molecule has 1 aromatic rings. The van der Waals surface area contributed by atoms with E-state index in [1.807, 2.05) is 19.1 Å². The standard InChI is InChI=1S/C13H16ClNO2/c1-9-3-2-8-13(9,12(16)17)15-11-6-4-10(14)5-7-11/h4-7,9,15H,2-3,8H2,1H3,(H,16,17). The van der Waals surface area contributed by atoms with Gasteiger partial charge in [0, 0.05) is 10.7 Å². The van der Waals surface area contributed by atoms with Crippen LogP contribution in [0.5, 0.6) is 0 Å². The molecule has 2 N–H and O–H groups in total. The zero-order valence-corrected chi connectivity index (χ0v) is 10.5. The number of carbonyl (C=O) groups is 1. The van der Waals surface area contributed by atoms with E-state index in [0.717, 1.165) is 18.5 Å². The Hall–Kier alpha value is -1.22. The van der Waals surface area contributed by atoms with Crippen molar-refractivity contribution in [2.75, 3.05) is 5.32 Å². The van der Waals surface area contributed by atoms with Gasteiger partial charge < -0.3 is 10.4 Å². The Balaban J connectivity index is 2.24. The maximum Gasteiger partial charge on any atom is 0.329 e. The van der Waals surface area contributed by atoms with Crippen LogP contribution in [0.25, 0.3) is 0 Å². The number of hydrogen-bond donors (Lipinski definition) is 2. The van der Waals surface area contributed by atoms with Crippen LogP contribution in [0.3, 0.4) is 0 Å². The third kappa shape index (κ3) is 2.25. The first-order valence-electron chi connectivity index (χ1n) is 5.82. The minimum absolute atomic E-state index is 0.135. The lowest BCUT2D eigenvalue weighted by atomic mass is 9.88. The van der Waals surface area contributed by atoms with Crippen molar-refractivity contribution in [1.29, 1.82) is 0 Å². The van der Waals surface area contributed by atoms with Crippen molar-refractivity contribution < 1.29 is 9.90 Å². The molecule has 1 saturated carbocycles. The Labute approximate surface area is 106 Å². The van der Waals surface area contributed by atoms with E-state index in [1.54, 1.807) is 12.1 Å². The molecule has 0 radical (unpaired) electrons. The molecular weight excluding hydrogens is 238 g/mol. The van der Waals surface area contributed by atoms with E-state index in [2.05, 4.69) is 5.32 Å². The molecular formula is C13H16ClNO2. The summed E-state index contributed by atoms with van der Waals surface area (Å²) in [5, 5.41) is 13.3. The maximum absolute atomic E-state index is 11.5. The molecule has 1 aliphatic carbocycles. The number of halogens is 1. The fourth-order valence-electron chi connectivity index (χ4n) is 2.53. The van der Waals surface area contributed by atoms with Gasteiger partial charge in [-0.05, 0) is 43.0 Å². The zero-order valence-electron chi connectivity index (χ0n) is 9.74. The van der Waals surface area contributed by atoms with Crippen LogP contribution in [0.4, 0.5) is 5.69 Å². The van der Waals surface area contributed by atoms with E-state index in [-0.39, 0.29) is 5.92 Å². The van der Waals surface area contributed by atoms with Gasteiger partial charge in [-0.25, -0.2) is 4.79 Å². The molecule has 0 saturated heterocycles. The summed E-state index contributed by atoms with van der Waals surface area (Å²) in [6.07, 6.45) is 2.58. The van der Waals surface area contributed by atoms with Crippen LogP contribution in [0.1, 0.15) is 26.2 Å². The van der Waals surface area contributed by atoms with Crippen LogP contribution in [0, 0.1) is 5.92 Å². The molecule has 3 nitrogen and oxygen atoms in total. The fourth-order valence-corrected chi connectivity index (χ4v) is 2.65. The number of nitrogens with one attached hydrogen (secondary N) is 1. The molecule has 92 valence electrons. The Bertz CT molecular complexity index is 418. The van der Waals surface area contributed by atoms with Crippen LogP contribution in [0.15, 0.2) is 24.3 Å². The third-order valence-corrected chi connectivity index (χ3v) is 3.89. The Morgan fingerprint density at radius 1 is 1.47 bits per heavy atom. The van der Waals surface area contributed by atoms with Crippen molar-refractivity contribution in [3.63, 3.8) is 0 Å². The molecule has 0 aromatic heterocycles. The lowest BCUT2D eigenvalue weighted by molar-refractivity contribution is -0.143. The molecule has 4 heteroatoms. The molecule has 0 heterocycles. The highest BCUT2D eigenvalue weighted by molar-refractivity contribution is 6.30. The van der Waals surface area contributed by atoms with Crippen molar-refractivity contribution in [2.45, 2.75) is 31.7 Å². The number of carboxylic acid groups (broad SMARTS) is 1. The van der Waals surface area contributed by atoms with E-state index >= 15 is 0 Å². The second kappa shape index (κ2) is 4.57. The summed E-state index contributed by atoms with van der Waals surface area (Å²) in [6.45, 7) is 1.99. The first-order valence-corrected chi connectivity index (χ1v) is 6.19. The van der Waals surface area contributed by atoms with E-state index in [1.165, 1.54) is 0 Å². The van der Waals surface area contributed by atoms with Crippen LogP contribution in [-0.2, 0) is 4.79 Å². The summed E-state index contributed by atoms with van der Waals surface area (Å²) in [4.78, 5) is 11.5. The van der Waals surface area contributed by atoms with Crippen molar-refractivity contribution in [3.05, 3.63) is 29.3 Å². The van der Waals surface area contributed by atoms with Crippen LogP contribution in [0.2, 0.25) is 5.02 Å². The highest BCUT2D eigenvalue weighted by atomic mass is 35.5. The largest absolute Gasteiger partial charge is 0.479 e. The van der Waals surface area contributed by atoms with Gasteiger partial charge in [0.1, 0.15) is 5.54 Å². The van der Waals surface area contributed by atoms with Crippen LogP contribution in [-0.4, -0.2) is 16.6 Å². The minimum Gasteiger partial charge on any atom is -0.479 e. The van der Waals surface area contributed by atoms with Crippen molar-refractivity contribution in [3.8, 4) is 0 Å². The molecule has 2 unspecified atom stereocenters. The van der Waals surface area contributed by atoms with Gasteiger partial charge in [-0.2, -0.15) is 0 Å². The van der Waals surface area contributed by atoms with E-state index in [9.17, 15) is 9.90 Å². The molecule has 1 aliphatic rings. The Kier molecular flexibility index (Phi) is 3.29. The number of hydrogen-bond acceptors (Lipinski definition) is 2. The normalized spacial score (nSPS) is 28.0. The zero-order chi connectivity index (χ0) is 12.5. The number of rotatable bonds is 3. The van der Waals surface area contributed by atoms with Gasteiger partial charge in [0.2, 0.25) is 0 Å². The predicted molar refractivity (Wildman–Crippen MR) is 68.5 cm³/mol. The number of aliphatic carboxylic acids is 1. The number of benzene rings is 1. The summed E-state index contributed by atoms with van der Waals surface area (Å²) >= 11 is 5.81. The second-order valence-electron chi connectivity index (χ2n) is 4.70. The average Bonchev–Trinajstić information content (AvgIpc) is 2.65. The van der Waals surface area contributed by atoms with Crippen molar-refractivity contribution in [1.82, 2.24) is 0 Å². The Morgan fingerprint density at radius 2 is 2.12 bits per heavy atom. The summed E-state index contributed by atoms with van der Waals surface area (Å²) in [5.41, 5.74) is -0.0149. The quantitative estimate of drug-likeness (QED) is 0.868. The SMILES string of the molecule is CC1CCCC1(Nc1ccc(Cl)cc1)C(=O)O. The first kappa shape index (κ1) is 12.2. The van der Waals surface area contributed by atoms with Crippen molar-refractivity contribution >= 4 is 23.3 Å². The fraction of sp³-hybridized carbons (Fsp3) is 0.462. The van der Waals surface area contributed by atoms with Gasteiger partial charge in [-0.15, -0.1) is 0 Å². The van der Waals surface area contributed by atoms with Crippen molar-refractivity contribution in [2.24, 2.45) is 5.92 Å². The molecule has 17 heavy (non-hydrogen) atoms. The smallest absolute Gasteiger partial charge is 0.329 e. The van der Waals surface area contributed by atoms with Gasteiger partial charge in [0.05, 0.1) is 0 Å². The molecule has 0 amide bonds. The molecule has 2 rings (SSSR count). The van der Waals surface area contributed by atoms with Gasteiger partial charge >= 0.3 is 5.97 Å². The molecule has 0 bridgehead atoms. The predicted octanol–water partition coefficient (Wildman–Crippen LogP) is 3.40. The lowest BCUT2D eigenvalue weighted by Gasteiger charge is -2.31. The van der Waals surface area contributed by atoms with E-state index in [0.29, 0.717) is 11.4 Å². The molecule has 1 fully saturated rings. The summed E-state index contributed by atoms with van der Waals surface area (Å²) in [5.74, 6) is -0.631. The average molecular weight is 254 g/mol. The summed E-state index contributed by atoms with van der Waals surface area (Å²) in [7, 11) is 0. The van der Waals surface area contributed by atoms with Gasteiger partial charge in [0.25, 0.3) is 0 Å². The molecule has 1 aromatic carbocycles.